The molecule has 3 aromatic rings. The van der Waals surface area contributed by atoms with Gasteiger partial charge in [-0.15, -0.1) is 0 Å². The van der Waals surface area contributed by atoms with Gasteiger partial charge < -0.3 is 14.6 Å². The number of rotatable bonds is 6. The molecule has 1 atom stereocenters. The number of para-hydroxylation sites is 1. The summed E-state index contributed by atoms with van der Waals surface area (Å²) in [6, 6.07) is 21.8. The van der Waals surface area contributed by atoms with E-state index in [1.54, 1.807) is 18.2 Å². The van der Waals surface area contributed by atoms with E-state index in [0.29, 0.717) is 0 Å². The lowest BCUT2D eigenvalue weighted by Gasteiger charge is -2.17. The van der Waals surface area contributed by atoms with Gasteiger partial charge in [-0.2, -0.15) is 0 Å². The van der Waals surface area contributed by atoms with Crippen molar-refractivity contribution in [3.05, 3.63) is 90.0 Å². The summed E-state index contributed by atoms with van der Waals surface area (Å²) in [4.78, 5) is 36.0. The topological polar surface area (TPSA) is 102 Å². The Labute approximate surface area is 178 Å². The number of fused-ring (bicyclic) bond motifs is 3. The summed E-state index contributed by atoms with van der Waals surface area (Å²) in [5.74, 6) is -2.67. The number of nitrogens with one attached hydrogen (secondary N) is 1. The Balaban J connectivity index is 1.42. The van der Waals surface area contributed by atoms with Crippen molar-refractivity contribution in [2.24, 2.45) is 0 Å². The van der Waals surface area contributed by atoms with E-state index < -0.39 is 24.1 Å². The van der Waals surface area contributed by atoms with Gasteiger partial charge in [-0.05, 0) is 34.4 Å². The Bertz CT molecular complexity index is 1080. The number of carboxylic acids is 1. The van der Waals surface area contributed by atoms with E-state index in [4.69, 9.17) is 9.47 Å². The zero-order valence-corrected chi connectivity index (χ0v) is 16.4. The van der Waals surface area contributed by atoms with Crippen LogP contribution in [0.3, 0.4) is 0 Å². The first-order valence-corrected chi connectivity index (χ1v) is 9.65. The molecule has 0 bridgehead atoms. The molecule has 3 aromatic carbocycles. The summed E-state index contributed by atoms with van der Waals surface area (Å²) in [6.07, 6.45) is -1.01. The number of carbonyl (C=O) groups excluding carboxylic acids is 2. The van der Waals surface area contributed by atoms with Crippen LogP contribution in [-0.4, -0.2) is 35.8 Å². The average Bonchev–Trinajstić information content (AvgIpc) is 3.10. The van der Waals surface area contributed by atoms with Crippen LogP contribution in [0.4, 0.5) is 4.79 Å². The fourth-order valence-electron chi connectivity index (χ4n) is 3.64. The first kappa shape index (κ1) is 20.2. The molecule has 0 saturated carbocycles. The van der Waals surface area contributed by atoms with Gasteiger partial charge >= 0.3 is 18.0 Å². The summed E-state index contributed by atoms with van der Waals surface area (Å²) in [7, 11) is 0. The molecule has 0 spiro atoms. The van der Waals surface area contributed by atoms with Crippen LogP contribution in [-0.2, 0) is 14.3 Å². The molecule has 1 unspecified atom stereocenters. The molecule has 0 aliphatic heterocycles. The highest BCUT2D eigenvalue weighted by Gasteiger charge is 2.33. The summed E-state index contributed by atoms with van der Waals surface area (Å²) in [5.41, 5.74) is 4.19. The Morgan fingerprint density at radius 3 is 1.97 bits per heavy atom. The Morgan fingerprint density at radius 1 is 0.839 bits per heavy atom. The van der Waals surface area contributed by atoms with E-state index in [-0.39, 0.29) is 18.3 Å². The van der Waals surface area contributed by atoms with E-state index in [1.807, 2.05) is 48.5 Å². The Kier molecular flexibility index (Phi) is 5.66. The van der Waals surface area contributed by atoms with Gasteiger partial charge in [0, 0.05) is 5.92 Å². The fraction of sp³-hybridized carbons (Fsp3) is 0.125. The van der Waals surface area contributed by atoms with Crippen molar-refractivity contribution in [3.63, 3.8) is 0 Å². The van der Waals surface area contributed by atoms with Gasteiger partial charge in [0.25, 0.3) is 0 Å². The molecule has 7 nitrogen and oxygen atoms in total. The molecule has 1 aliphatic rings. The number of aliphatic carboxylic acids is 1. The molecular formula is C24H19NO6. The molecule has 0 aromatic heterocycles. The van der Waals surface area contributed by atoms with Crippen LogP contribution < -0.4 is 10.1 Å². The first-order valence-electron chi connectivity index (χ1n) is 9.65. The van der Waals surface area contributed by atoms with Crippen LogP contribution in [0.5, 0.6) is 5.75 Å². The monoisotopic (exact) mass is 417 g/mol. The highest BCUT2D eigenvalue weighted by atomic mass is 16.6. The van der Waals surface area contributed by atoms with Crippen molar-refractivity contribution in [1.29, 1.82) is 0 Å². The lowest BCUT2D eigenvalue weighted by molar-refractivity contribution is -0.149. The number of hydrogen-bond acceptors (Lipinski definition) is 5. The number of hydrogen-bond donors (Lipinski definition) is 2. The number of amides is 1. The lowest BCUT2D eigenvalue weighted by Crippen LogP contribution is -2.48. The molecule has 0 heterocycles. The zero-order valence-electron chi connectivity index (χ0n) is 16.4. The van der Waals surface area contributed by atoms with Crippen molar-refractivity contribution in [1.82, 2.24) is 5.32 Å². The third-order valence-electron chi connectivity index (χ3n) is 5.05. The highest BCUT2D eigenvalue weighted by Crippen LogP contribution is 2.44. The minimum atomic E-state index is -1.89. The molecule has 0 radical (unpaired) electrons. The van der Waals surface area contributed by atoms with Gasteiger partial charge in [0.15, 0.2) is 0 Å². The molecule has 7 heteroatoms. The highest BCUT2D eigenvalue weighted by molar-refractivity contribution is 6.01. The standard InChI is InChI=1S/C24H19NO6/c26-22(27)21(23(28)31-15-8-2-1-3-9-15)25-24(29)30-14-20-18-12-6-4-10-16(18)17-11-5-7-13-19(17)20/h1-13,20-21H,14H2,(H,25,29)(H,26,27). The molecule has 1 amide bonds. The van der Waals surface area contributed by atoms with Gasteiger partial charge in [-0.1, -0.05) is 66.7 Å². The summed E-state index contributed by atoms with van der Waals surface area (Å²) < 4.78 is 10.3. The number of carbonyl (C=O) groups is 3. The number of esters is 1. The van der Waals surface area contributed by atoms with Crippen LogP contribution in [0, 0.1) is 0 Å². The molecule has 4 rings (SSSR count). The van der Waals surface area contributed by atoms with E-state index >= 15 is 0 Å². The van der Waals surface area contributed by atoms with Crippen molar-refractivity contribution >= 4 is 18.0 Å². The number of carboxylic acid groups (broad SMARTS) is 1. The average molecular weight is 417 g/mol. The smallest absolute Gasteiger partial charge is 0.408 e. The zero-order chi connectivity index (χ0) is 21.8. The molecule has 156 valence electrons. The van der Waals surface area contributed by atoms with Crippen molar-refractivity contribution in [2.75, 3.05) is 6.61 Å². The second-order valence-electron chi connectivity index (χ2n) is 6.98. The maximum atomic E-state index is 12.3. The van der Waals surface area contributed by atoms with Gasteiger partial charge in [-0.3, -0.25) is 5.32 Å². The van der Waals surface area contributed by atoms with E-state index in [9.17, 15) is 19.5 Å². The van der Waals surface area contributed by atoms with Crippen LogP contribution in [0.2, 0.25) is 0 Å². The molecule has 1 aliphatic carbocycles. The number of benzene rings is 3. The van der Waals surface area contributed by atoms with Crippen molar-refractivity contribution < 1.29 is 29.0 Å². The normalized spacial score (nSPS) is 12.9. The fourth-order valence-corrected chi connectivity index (χ4v) is 3.64. The Hall–Kier alpha value is -4.13. The Morgan fingerprint density at radius 2 is 1.39 bits per heavy atom. The summed E-state index contributed by atoms with van der Waals surface area (Å²) >= 11 is 0. The second kappa shape index (κ2) is 8.71. The quantitative estimate of drug-likeness (QED) is 0.361. The largest absolute Gasteiger partial charge is 0.479 e. The minimum absolute atomic E-state index is 0.0000675. The van der Waals surface area contributed by atoms with Crippen molar-refractivity contribution in [3.8, 4) is 16.9 Å². The number of alkyl carbamates (subject to hydrolysis) is 1. The number of ether oxygens (including phenoxy) is 2. The SMILES string of the molecule is O=C(NC(C(=O)O)C(=O)Oc1ccccc1)OCC1c2ccccc2-c2ccccc21. The lowest BCUT2D eigenvalue weighted by atomic mass is 9.98. The molecule has 0 fully saturated rings. The van der Waals surface area contributed by atoms with Gasteiger partial charge in [0.05, 0.1) is 0 Å². The second-order valence-corrected chi connectivity index (χ2v) is 6.98. The van der Waals surface area contributed by atoms with E-state index in [0.717, 1.165) is 22.3 Å². The maximum Gasteiger partial charge on any atom is 0.408 e. The van der Waals surface area contributed by atoms with Crippen LogP contribution in [0.15, 0.2) is 78.9 Å². The van der Waals surface area contributed by atoms with Gasteiger partial charge in [0.2, 0.25) is 6.04 Å². The third kappa shape index (κ3) is 4.25. The molecular weight excluding hydrogens is 398 g/mol. The van der Waals surface area contributed by atoms with E-state index in [1.165, 1.54) is 12.1 Å². The van der Waals surface area contributed by atoms with Crippen LogP contribution in [0.25, 0.3) is 11.1 Å². The van der Waals surface area contributed by atoms with E-state index in [2.05, 4.69) is 5.32 Å². The molecule has 0 saturated heterocycles. The van der Waals surface area contributed by atoms with Crippen LogP contribution in [0.1, 0.15) is 17.0 Å². The van der Waals surface area contributed by atoms with Crippen LogP contribution >= 0.6 is 0 Å². The predicted octanol–water partition coefficient (Wildman–Crippen LogP) is 3.58. The third-order valence-corrected chi connectivity index (χ3v) is 5.05. The maximum absolute atomic E-state index is 12.3. The van der Waals surface area contributed by atoms with Crippen molar-refractivity contribution in [2.45, 2.75) is 12.0 Å². The predicted molar refractivity (Wildman–Crippen MR) is 112 cm³/mol. The summed E-state index contributed by atoms with van der Waals surface area (Å²) in [6.45, 7) is -0.0000675. The van der Waals surface area contributed by atoms with Gasteiger partial charge in [-0.25, -0.2) is 14.4 Å². The molecule has 2 N–H and O–H groups in total. The summed E-state index contributed by atoms with van der Waals surface area (Å²) in [5, 5.41) is 11.4. The van der Waals surface area contributed by atoms with Gasteiger partial charge in [0.1, 0.15) is 12.4 Å². The molecule has 31 heavy (non-hydrogen) atoms. The minimum Gasteiger partial charge on any atom is -0.479 e. The first-order chi connectivity index (χ1) is 15.0.